The molecule has 1 aromatic rings. The predicted octanol–water partition coefficient (Wildman–Crippen LogP) is -0.335. The largest absolute Gasteiger partial charge is 0.368 e. The molecule has 3 amide bonds. The standard InChI is InChI=1S/C11H13N3O3/c1-8(15)14(7-10(12)16)13-11(17)9-5-3-2-4-6-9/h2-6H,7H2,1H3,(H2,12,16)(H,13,17). The van der Waals surface area contributed by atoms with E-state index in [-0.39, 0.29) is 6.54 Å². The van der Waals surface area contributed by atoms with Crippen molar-refractivity contribution in [3.63, 3.8) is 0 Å². The molecule has 17 heavy (non-hydrogen) atoms. The maximum absolute atomic E-state index is 11.7. The first kappa shape index (κ1) is 12.7. The molecule has 0 saturated carbocycles. The molecule has 1 aromatic carbocycles. The van der Waals surface area contributed by atoms with Gasteiger partial charge in [-0.25, -0.2) is 5.01 Å². The number of nitrogens with zero attached hydrogens (tertiary/aromatic N) is 1. The van der Waals surface area contributed by atoms with Crippen LogP contribution in [-0.4, -0.2) is 29.3 Å². The third-order valence-electron chi connectivity index (χ3n) is 1.97. The summed E-state index contributed by atoms with van der Waals surface area (Å²) in [6.45, 7) is 0.877. The molecule has 3 N–H and O–H groups in total. The third kappa shape index (κ3) is 3.94. The van der Waals surface area contributed by atoms with Gasteiger partial charge in [0.25, 0.3) is 5.91 Å². The van der Waals surface area contributed by atoms with Crippen molar-refractivity contribution in [1.29, 1.82) is 0 Å². The van der Waals surface area contributed by atoms with Gasteiger partial charge in [-0.3, -0.25) is 19.8 Å². The molecule has 1 rings (SSSR count). The topological polar surface area (TPSA) is 92.5 Å². The van der Waals surface area contributed by atoms with E-state index < -0.39 is 17.7 Å². The quantitative estimate of drug-likeness (QED) is 0.702. The lowest BCUT2D eigenvalue weighted by atomic mass is 10.2. The summed E-state index contributed by atoms with van der Waals surface area (Å²) < 4.78 is 0. The predicted molar refractivity (Wildman–Crippen MR) is 60.5 cm³/mol. The lowest BCUT2D eigenvalue weighted by Gasteiger charge is -2.19. The molecule has 0 atom stereocenters. The number of primary amides is 1. The van der Waals surface area contributed by atoms with Crippen LogP contribution < -0.4 is 11.2 Å². The van der Waals surface area contributed by atoms with E-state index in [2.05, 4.69) is 5.43 Å². The van der Waals surface area contributed by atoms with Gasteiger partial charge < -0.3 is 5.73 Å². The summed E-state index contributed by atoms with van der Waals surface area (Å²) in [5.41, 5.74) is 7.66. The molecule has 90 valence electrons. The van der Waals surface area contributed by atoms with Crippen LogP contribution in [0.3, 0.4) is 0 Å². The highest BCUT2D eigenvalue weighted by Gasteiger charge is 2.15. The van der Waals surface area contributed by atoms with E-state index in [1.54, 1.807) is 30.3 Å². The zero-order chi connectivity index (χ0) is 12.8. The lowest BCUT2D eigenvalue weighted by molar-refractivity contribution is -0.135. The van der Waals surface area contributed by atoms with Gasteiger partial charge >= 0.3 is 0 Å². The lowest BCUT2D eigenvalue weighted by Crippen LogP contribution is -2.49. The van der Waals surface area contributed by atoms with Gasteiger partial charge in [-0.15, -0.1) is 0 Å². The van der Waals surface area contributed by atoms with Gasteiger partial charge in [0.1, 0.15) is 6.54 Å². The molecule has 0 radical (unpaired) electrons. The summed E-state index contributed by atoms with van der Waals surface area (Å²) in [4.78, 5) is 33.5. The third-order valence-corrected chi connectivity index (χ3v) is 1.97. The summed E-state index contributed by atoms with van der Waals surface area (Å²) in [5.74, 6) is -1.64. The highest BCUT2D eigenvalue weighted by atomic mass is 16.2. The van der Waals surface area contributed by atoms with Crippen molar-refractivity contribution in [2.24, 2.45) is 5.73 Å². The minimum absolute atomic E-state index is 0.353. The summed E-state index contributed by atoms with van der Waals surface area (Å²) in [7, 11) is 0. The van der Waals surface area contributed by atoms with Crippen molar-refractivity contribution in [2.45, 2.75) is 6.92 Å². The van der Waals surface area contributed by atoms with Crippen molar-refractivity contribution < 1.29 is 14.4 Å². The van der Waals surface area contributed by atoms with Crippen LogP contribution in [0.2, 0.25) is 0 Å². The molecule has 0 fully saturated rings. The Morgan fingerprint density at radius 1 is 1.24 bits per heavy atom. The van der Waals surface area contributed by atoms with Crippen molar-refractivity contribution in [3.8, 4) is 0 Å². The van der Waals surface area contributed by atoms with Crippen molar-refractivity contribution in [1.82, 2.24) is 10.4 Å². The zero-order valence-corrected chi connectivity index (χ0v) is 9.34. The highest BCUT2D eigenvalue weighted by Crippen LogP contribution is 1.98. The number of hydrogen-bond acceptors (Lipinski definition) is 3. The molecule has 0 bridgehead atoms. The molecule has 6 heteroatoms. The van der Waals surface area contributed by atoms with Crippen LogP contribution in [0.4, 0.5) is 0 Å². The molecule has 0 saturated heterocycles. The summed E-state index contributed by atoms with van der Waals surface area (Å²) in [5, 5.41) is 0.873. The first-order chi connectivity index (χ1) is 8.00. The van der Waals surface area contributed by atoms with Crippen LogP contribution in [0.25, 0.3) is 0 Å². The van der Waals surface area contributed by atoms with Gasteiger partial charge in [0.15, 0.2) is 0 Å². The number of hydrogen-bond donors (Lipinski definition) is 2. The second-order valence-corrected chi connectivity index (χ2v) is 3.38. The molecule has 0 aliphatic heterocycles. The Kier molecular flexibility index (Phi) is 4.21. The minimum atomic E-state index is -0.700. The molecule has 0 aromatic heterocycles. The molecular formula is C11H13N3O3. The summed E-state index contributed by atoms with van der Waals surface area (Å²) in [6, 6.07) is 8.35. The average molecular weight is 235 g/mol. The van der Waals surface area contributed by atoms with Crippen molar-refractivity contribution in [3.05, 3.63) is 35.9 Å². The molecular weight excluding hydrogens is 222 g/mol. The number of hydrazine groups is 1. The number of carbonyl (C=O) groups is 3. The van der Waals surface area contributed by atoms with Gasteiger partial charge in [-0.05, 0) is 12.1 Å². The Morgan fingerprint density at radius 3 is 2.29 bits per heavy atom. The fourth-order valence-electron chi connectivity index (χ4n) is 1.16. The van der Waals surface area contributed by atoms with E-state index in [4.69, 9.17) is 5.73 Å². The van der Waals surface area contributed by atoms with Gasteiger partial charge in [-0.2, -0.15) is 0 Å². The number of nitrogens with one attached hydrogen (secondary N) is 1. The maximum Gasteiger partial charge on any atom is 0.269 e. The zero-order valence-electron chi connectivity index (χ0n) is 9.34. The van der Waals surface area contributed by atoms with E-state index in [1.165, 1.54) is 6.92 Å². The Morgan fingerprint density at radius 2 is 1.82 bits per heavy atom. The highest BCUT2D eigenvalue weighted by molar-refractivity contribution is 5.95. The summed E-state index contributed by atoms with van der Waals surface area (Å²) in [6.07, 6.45) is 0. The van der Waals surface area contributed by atoms with Gasteiger partial charge in [0, 0.05) is 12.5 Å². The van der Waals surface area contributed by atoms with E-state index in [1.807, 2.05) is 0 Å². The van der Waals surface area contributed by atoms with E-state index in [0.29, 0.717) is 5.56 Å². The average Bonchev–Trinajstić information content (AvgIpc) is 2.28. The monoisotopic (exact) mass is 235 g/mol. The van der Waals surface area contributed by atoms with E-state index in [9.17, 15) is 14.4 Å². The molecule has 0 aliphatic rings. The van der Waals surface area contributed by atoms with E-state index >= 15 is 0 Å². The first-order valence-corrected chi connectivity index (χ1v) is 4.93. The molecule has 0 heterocycles. The van der Waals surface area contributed by atoms with Crippen molar-refractivity contribution >= 4 is 17.7 Å². The van der Waals surface area contributed by atoms with Gasteiger partial charge in [-0.1, -0.05) is 18.2 Å². The van der Waals surface area contributed by atoms with Crippen LogP contribution >= 0.6 is 0 Å². The van der Waals surface area contributed by atoms with Crippen LogP contribution in [0.1, 0.15) is 17.3 Å². The number of rotatable bonds is 3. The van der Waals surface area contributed by atoms with Crippen LogP contribution in [0.5, 0.6) is 0 Å². The number of nitrogens with two attached hydrogens (primary N) is 1. The molecule has 0 unspecified atom stereocenters. The minimum Gasteiger partial charge on any atom is -0.368 e. The Labute approximate surface area is 98.4 Å². The Balaban J connectivity index is 2.71. The Bertz CT molecular complexity index is 431. The number of carbonyl (C=O) groups excluding carboxylic acids is 3. The fraction of sp³-hybridized carbons (Fsp3) is 0.182. The maximum atomic E-state index is 11.7. The smallest absolute Gasteiger partial charge is 0.269 e. The number of benzene rings is 1. The summed E-state index contributed by atoms with van der Waals surface area (Å²) >= 11 is 0. The van der Waals surface area contributed by atoms with Crippen LogP contribution in [-0.2, 0) is 9.59 Å². The normalized spacial score (nSPS) is 9.47. The SMILES string of the molecule is CC(=O)N(CC(N)=O)NC(=O)c1ccccc1. The van der Waals surface area contributed by atoms with Gasteiger partial charge in [0.05, 0.1) is 0 Å². The fourth-order valence-corrected chi connectivity index (χ4v) is 1.16. The number of amides is 3. The van der Waals surface area contributed by atoms with E-state index in [0.717, 1.165) is 5.01 Å². The van der Waals surface area contributed by atoms with Crippen LogP contribution in [0.15, 0.2) is 30.3 Å². The van der Waals surface area contributed by atoms with Crippen LogP contribution in [0, 0.1) is 0 Å². The first-order valence-electron chi connectivity index (χ1n) is 4.93. The second kappa shape index (κ2) is 5.64. The molecule has 0 aliphatic carbocycles. The van der Waals surface area contributed by atoms with Crippen molar-refractivity contribution in [2.75, 3.05) is 6.54 Å². The molecule has 6 nitrogen and oxygen atoms in total. The molecule has 0 spiro atoms. The second-order valence-electron chi connectivity index (χ2n) is 3.38. The Hall–Kier alpha value is -2.37. The van der Waals surface area contributed by atoms with Gasteiger partial charge in [0.2, 0.25) is 11.8 Å².